The average Bonchev–Trinajstić information content (AvgIpc) is 3.21. The van der Waals surface area contributed by atoms with Gasteiger partial charge in [-0.3, -0.25) is 13.9 Å². The molecule has 0 radical (unpaired) electrons. The van der Waals surface area contributed by atoms with Gasteiger partial charge in [0.25, 0.3) is 0 Å². The molecular formula is C33H45Cl2N3O4S. The Morgan fingerprint density at radius 3 is 2.30 bits per heavy atom. The quantitative estimate of drug-likeness (QED) is 0.314. The van der Waals surface area contributed by atoms with Gasteiger partial charge in [0.1, 0.15) is 5.60 Å². The Bertz CT molecular complexity index is 1370. The minimum Gasteiger partial charge on any atom is -0.444 e. The number of hydrogen-bond acceptors (Lipinski definition) is 5. The first-order valence-electron chi connectivity index (χ1n) is 15.0. The molecule has 4 rings (SSSR count). The second-order valence-corrected chi connectivity index (χ2v) is 15.9. The summed E-state index contributed by atoms with van der Waals surface area (Å²) in [5.74, 6) is 0.383. The number of carbonyl (C=O) groups excluding carboxylic acids is 2. The monoisotopic (exact) mass is 649 g/mol. The van der Waals surface area contributed by atoms with E-state index in [1.54, 1.807) is 36.0 Å². The van der Waals surface area contributed by atoms with Crippen molar-refractivity contribution < 1.29 is 18.5 Å². The molecule has 2 amide bonds. The summed E-state index contributed by atoms with van der Waals surface area (Å²) in [5.41, 5.74) is 1.54. The highest BCUT2D eigenvalue weighted by atomic mass is 35.5. The van der Waals surface area contributed by atoms with Gasteiger partial charge >= 0.3 is 6.09 Å². The largest absolute Gasteiger partial charge is 0.444 e. The van der Waals surface area contributed by atoms with Crippen molar-refractivity contribution >= 4 is 46.0 Å². The lowest BCUT2D eigenvalue weighted by Gasteiger charge is -2.46. The molecule has 2 heterocycles. The van der Waals surface area contributed by atoms with Gasteiger partial charge in [0, 0.05) is 49.7 Å². The minimum atomic E-state index is -0.965. The first-order chi connectivity index (χ1) is 20.1. The molecule has 0 N–H and O–H groups in total. The van der Waals surface area contributed by atoms with Gasteiger partial charge in [-0.25, -0.2) is 4.79 Å². The van der Waals surface area contributed by atoms with Crippen LogP contribution in [0.5, 0.6) is 0 Å². The number of ether oxygens (including phenoxy) is 1. The molecule has 236 valence electrons. The van der Waals surface area contributed by atoms with Gasteiger partial charge in [-0.15, -0.1) is 0 Å². The molecule has 2 aliphatic heterocycles. The zero-order valence-electron chi connectivity index (χ0n) is 26.4. The summed E-state index contributed by atoms with van der Waals surface area (Å²) in [5, 5.41) is 0.790. The molecule has 2 aromatic carbocycles. The van der Waals surface area contributed by atoms with Gasteiger partial charge in [0.05, 0.1) is 20.3 Å². The normalized spacial score (nSPS) is 19.6. The maximum absolute atomic E-state index is 13.7. The number of likely N-dealkylation sites (tertiary alicyclic amines) is 1. The summed E-state index contributed by atoms with van der Waals surface area (Å²) in [4.78, 5) is 32.6. The van der Waals surface area contributed by atoms with Crippen LogP contribution in [0.15, 0.2) is 42.5 Å². The third-order valence-electron chi connectivity index (χ3n) is 8.87. The zero-order valence-corrected chi connectivity index (χ0v) is 28.7. The Labute approximate surface area is 269 Å². The van der Waals surface area contributed by atoms with Crippen molar-refractivity contribution in [1.29, 1.82) is 0 Å². The number of benzene rings is 2. The number of likely N-dealkylation sites (N-methyl/N-ethyl adjacent to an activating group) is 2. The standard InChI is InChI=1S/C33H45Cl2N3O4S/c1-23(2)29(39)36(6)22-32(25-12-13-27(34)28(35)20-25,37(7)30(40)42-31(3,4)5)14-17-38-18-15-33(16-19-38)26-11-9-8-10-24(26)21-43(33)41/h8-13,20,23H,14-19,21-22H2,1-7H3/t32?,43-/m0/s1. The number of fused-ring (bicyclic) bond motifs is 2. The molecule has 1 fully saturated rings. The van der Waals surface area contributed by atoms with E-state index in [-0.39, 0.29) is 23.1 Å². The van der Waals surface area contributed by atoms with Crippen LogP contribution >= 0.6 is 23.2 Å². The van der Waals surface area contributed by atoms with E-state index in [9.17, 15) is 13.8 Å². The SMILES string of the molecule is CC(C)C(=O)N(C)CC(CCN1CCC2(CC1)c1ccccc1C[S@@]2=O)(c1ccc(Cl)c(Cl)c1)N(C)C(=O)OC(C)(C)C. The van der Waals surface area contributed by atoms with Crippen molar-refractivity contribution in [3.05, 3.63) is 69.2 Å². The summed E-state index contributed by atoms with van der Waals surface area (Å²) in [7, 11) is 2.56. The third-order valence-corrected chi connectivity index (χ3v) is 11.7. The number of amides is 2. The minimum absolute atomic E-state index is 0.0238. The average molecular weight is 651 g/mol. The van der Waals surface area contributed by atoms with E-state index < -0.39 is 28.0 Å². The molecule has 1 saturated heterocycles. The molecular weight excluding hydrogens is 605 g/mol. The van der Waals surface area contributed by atoms with Gasteiger partial charge in [-0.05, 0) is 81.9 Å². The fraction of sp³-hybridized carbons (Fsp3) is 0.576. The lowest BCUT2D eigenvalue weighted by molar-refractivity contribution is -0.135. The summed E-state index contributed by atoms with van der Waals surface area (Å²) in [6.07, 6.45) is 1.65. The molecule has 0 saturated carbocycles. The van der Waals surface area contributed by atoms with Crippen molar-refractivity contribution in [2.45, 2.75) is 75.5 Å². The van der Waals surface area contributed by atoms with E-state index in [0.29, 0.717) is 28.8 Å². The molecule has 0 bridgehead atoms. The predicted molar refractivity (Wildman–Crippen MR) is 175 cm³/mol. The van der Waals surface area contributed by atoms with Crippen molar-refractivity contribution in [2.24, 2.45) is 5.92 Å². The maximum atomic E-state index is 13.7. The molecule has 2 aromatic rings. The van der Waals surface area contributed by atoms with Crippen LogP contribution in [0.1, 0.15) is 70.6 Å². The van der Waals surface area contributed by atoms with Gasteiger partial charge in [0.15, 0.2) is 0 Å². The van der Waals surface area contributed by atoms with Crippen LogP contribution in [-0.2, 0) is 36.4 Å². The van der Waals surface area contributed by atoms with E-state index in [4.69, 9.17) is 27.9 Å². The van der Waals surface area contributed by atoms with Gasteiger partial charge in [-0.2, -0.15) is 0 Å². The summed E-state index contributed by atoms with van der Waals surface area (Å²) in [6.45, 7) is 11.7. The Hall–Kier alpha value is -2.13. The van der Waals surface area contributed by atoms with Crippen LogP contribution in [0.2, 0.25) is 10.0 Å². The maximum Gasteiger partial charge on any atom is 0.410 e. The number of halogens is 2. The zero-order chi connectivity index (χ0) is 31.7. The molecule has 0 aromatic heterocycles. The number of hydrogen-bond donors (Lipinski definition) is 0. The Kier molecular flexibility index (Phi) is 10.3. The molecule has 1 spiro atoms. The summed E-state index contributed by atoms with van der Waals surface area (Å²) < 4.78 is 18.9. The van der Waals surface area contributed by atoms with Crippen molar-refractivity contribution in [3.8, 4) is 0 Å². The van der Waals surface area contributed by atoms with E-state index in [1.807, 2.05) is 52.8 Å². The van der Waals surface area contributed by atoms with Crippen molar-refractivity contribution in [1.82, 2.24) is 14.7 Å². The van der Waals surface area contributed by atoms with Crippen LogP contribution in [0.3, 0.4) is 0 Å². The fourth-order valence-corrected chi connectivity index (χ4v) is 8.65. The van der Waals surface area contributed by atoms with E-state index >= 15 is 0 Å². The molecule has 1 unspecified atom stereocenters. The summed E-state index contributed by atoms with van der Waals surface area (Å²) in [6, 6.07) is 13.7. The highest BCUT2D eigenvalue weighted by molar-refractivity contribution is 7.85. The van der Waals surface area contributed by atoms with Crippen LogP contribution < -0.4 is 0 Å². The van der Waals surface area contributed by atoms with Gasteiger partial charge in [0.2, 0.25) is 5.91 Å². The second kappa shape index (κ2) is 13.1. The molecule has 2 atom stereocenters. The lowest BCUT2D eigenvalue weighted by atomic mass is 9.83. The fourth-order valence-electron chi connectivity index (χ4n) is 6.45. The smallest absolute Gasteiger partial charge is 0.410 e. The lowest BCUT2D eigenvalue weighted by Crippen LogP contribution is -2.57. The first kappa shape index (κ1) is 33.8. The Morgan fingerprint density at radius 2 is 1.70 bits per heavy atom. The number of rotatable bonds is 8. The van der Waals surface area contributed by atoms with E-state index in [0.717, 1.165) is 31.5 Å². The highest BCUT2D eigenvalue weighted by Gasteiger charge is 2.48. The molecule has 2 aliphatic rings. The summed E-state index contributed by atoms with van der Waals surface area (Å²) >= 11 is 12.9. The van der Waals surface area contributed by atoms with Crippen molar-refractivity contribution in [3.63, 3.8) is 0 Å². The third kappa shape index (κ3) is 7.08. The Balaban J connectivity index is 1.67. The highest BCUT2D eigenvalue weighted by Crippen LogP contribution is 2.47. The molecule has 10 heteroatoms. The molecule has 43 heavy (non-hydrogen) atoms. The number of carbonyl (C=O) groups is 2. The Morgan fingerprint density at radius 1 is 1.05 bits per heavy atom. The second-order valence-electron chi connectivity index (χ2n) is 13.3. The topological polar surface area (TPSA) is 70.2 Å². The van der Waals surface area contributed by atoms with Crippen LogP contribution in [-0.4, -0.2) is 76.8 Å². The van der Waals surface area contributed by atoms with Crippen LogP contribution in [0, 0.1) is 5.92 Å². The van der Waals surface area contributed by atoms with E-state index in [1.165, 1.54) is 11.1 Å². The van der Waals surface area contributed by atoms with E-state index in [2.05, 4.69) is 17.0 Å². The molecule has 7 nitrogen and oxygen atoms in total. The van der Waals surface area contributed by atoms with Gasteiger partial charge < -0.3 is 14.5 Å². The van der Waals surface area contributed by atoms with Crippen LogP contribution in [0.4, 0.5) is 4.79 Å². The predicted octanol–water partition coefficient (Wildman–Crippen LogP) is 6.81. The number of nitrogens with zero attached hydrogens (tertiary/aromatic N) is 3. The molecule has 0 aliphatic carbocycles. The number of piperidine rings is 1. The van der Waals surface area contributed by atoms with Gasteiger partial charge in [-0.1, -0.05) is 67.4 Å². The van der Waals surface area contributed by atoms with Crippen molar-refractivity contribution in [2.75, 3.05) is 40.3 Å². The first-order valence-corrected chi connectivity index (χ1v) is 17.0. The van der Waals surface area contributed by atoms with Crippen LogP contribution in [0.25, 0.3) is 0 Å².